The molecular formula is C7H13IO. The Bertz CT molecular complexity index is 69.3. The second-order valence-corrected chi connectivity index (χ2v) is 3.64. The molecule has 1 aliphatic heterocycles. The molecule has 1 nitrogen and oxygen atoms in total. The quantitative estimate of drug-likeness (QED) is 0.543. The van der Waals surface area contributed by atoms with Gasteiger partial charge in [0, 0.05) is 13.2 Å². The van der Waals surface area contributed by atoms with Crippen molar-refractivity contribution in [2.24, 2.45) is 5.92 Å². The van der Waals surface area contributed by atoms with E-state index in [0.717, 1.165) is 19.1 Å². The van der Waals surface area contributed by atoms with Crippen molar-refractivity contribution in [1.29, 1.82) is 0 Å². The molecule has 54 valence electrons. The highest BCUT2D eigenvalue weighted by atomic mass is 127. The number of alkyl halides is 1. The molecule has 0 radical (unpaired) electrons. The lowest BCUT2D eigenvalue weighted by atomic mass is 10.0. The van der Waals surface area contributed by atoms with E-state index in [4.69, 9.17) is 4.74 Å². The molecule has 1 fully saturated rings. The first kappa shape index (κ1) is 7.79. The third kappa shape index (κ3) is 2.85. The van der Waals surface area contributed by atoms with E-state index in [1.165, 1.54) is 23.7 Å². The fourth-order valence-corrected chi connectivity index (χ4v) is 1.62. The molecule has 0 amide bonds. The normalized spacial score (nSPS) is 27.0. The molecular weight excluding hydrogens is 227 g/mol. The molecule has 1 heterocycles. The van der Waals surface area contributed by atoms with E-state index in [0.29, 0.717) is 0 Å². The highest BCUT2D eigenvalue weighted by Crippen LogP contribution is 2.18. The van der Waals surface area contributed by atoms with Gasteiger partial charge in [-0.05, 0) is 29.6 Å². The third-order valence-corrected chi connectivity index (χ3v) is 2.53. The average molecular weight is 240 g/mol. The Kier molecular flexibility index (Phi) is 3.89. The van der Waals surface area contributed by atoms with Gasteiger partial charge in [-0.1, -0.05) is 22.6 Å². The maximum Gasteiger partial charge on any atom is 0.0495 e. The van der Waals surface area contributed by atoms with Crippen LogP contribution in [0.4, 0.5) is 0 Å². The number of halogens is 1. The molecule has 1 atom stereocenters. The summed E-state index contributed by atoms with van der Waals surface area (Å²) < 4.78 is 6.55. The second kappa shape index (κ2) is 4.50. The van der Waals surface area contributed by atoms with Crippen molar-refractivity contribution in [3.05, 3.63) is 0 Å². The number of rotatable bonds is 3. The molecule has 0 spiro atoms. The zero-order valence-corrected chi connectivity index (χ0v) is 7.76. The molecule has 1 aliphatic rings. The summed E-state index contributed by atoms with van der Waals surface area (Å²) in [5.41, 5.74) is 0. The van der Waals surface area contributed by atoms with Gasteiger partial charge in [-0.2, -0.15) is 0 Å². The lowest BCUT2D eigenvalue weighted by Crippen LogP contribution is -1.98. The zero-order chi connectivity index (χ0) is 6.53. The van der Waals surface area contributed by atoms with Crippen LogP contribution in [-0.2, 0) is 4.74 Å². The van der Waals surface area contributed by atoms with Gasteiger partial charge in [-0.3, -0.25) is 0 Å². The number of hydrogen-bond donors (Lipinski definition) is 0. The summed E-state index contributed by atoms with van der Waals surface area (Å²) >= 11 is 2.43. The first-order valence-corrected chi connectivity index (χ1v) is 5.09. The van der Waals surface area contributed by atoms with Crippen molar-refractivity contribution >= 4 is 22.6 Å². The summed E-state index contributed by atoms with van der Waals surface area (Å²) in [6.45, 7) is 2.03. The Labute approximate surface area is 70.3 Å². The number of hydrogen-bond acceptors (Lipinski definition) is 1. The summed E-state index contributed by atoms with van der Waals surface area (Å²) in [6.07, 6.45) is 4.05. The van der Waals surface area contributed by atoms with Crippen LogP contribution in [0.25, 0.3) is 0 Å². The van der Waals surface area contributed by atoms with E-state index in [1.54, 1.807) is 0 Å². The first-order chi connectivity index (χ1) is 4.43. The lowest BCUT2D eigenvalue weighted by molar-refractivity contribution is 0.184. The summed E-state index contributed by atoms with van der Waals surface area (Å²) in [5.74, 6) is 0.889. The maximum absolute atomic E-state index is 5.25. The van der Waals surface area contributed by atoms with Gasteiger partial charge in [0.05, 0.1) is 0 Å². The van der Waals surface area contributed by atoms with Crippen molar-refractivity contribution in [2.75, 3.05) is 17.6 Å². The predicted octanol–water partition coefficient (Wildman–Crippen LogP) is 2.24. The molecule has 9 heavy (non-hydrogen) atoms. The molecule has 1 saturated heterocycles. The van der Waals surface area contributed by atoms with E-state index in [1.807, 2.05) is 0 Å². The zero-order valence-electron chi connectivity index (χ0n) is 5.61. The van der Waals surface area contributed by atoms with Crippen molar-refractivity contribution < 1.29 is 4.74 Å². The maximum atomic E-state index is 5.25. The monoisotopic (exact) mass is 240 g/mol. The molecule has 0 saturated carbocycles. The molecule has 0 bridgehead atoms. The van der Waals surface area contributed by atoms with Crippen LogP contribution in [0.2, 0.25) is 0 Å². The molecule has 0 aliphatic carbocycles. The van der Waals surface area contributed by atoms with Gasteiger partial charge in [-0.25, -0.2) is 0 Å². The lowest BCUT2D eigenvalue weighted by Gasteiger charge is -2.02. The second-order valence-electron chi connectivity index (χ2n) is 2.56. The standard InChI is InChI=1S/C7H13IO/c8-4-1-2-7-3-5-9-6-7/h7H,1-6H2. The van der Waals surface area contributed by atoms with E-state index in [2.05, 4.69) is 22.6 Å². The van der Waals surface area contributed by atoms with Crippen LogP contribution in [0.5, 0.6) is 0 Å². The van der Waals surface area contributed by atoms with E-state index >= 15 is 0 Å². The fraction of sp³-hybridized carbons (Fsp3) is 1.00. The third-order valence-electron chi connectivity index (χ3n) is 1.77. The topological polar surface area (TPSA) is 9.23 Å². The predicted molar refractivity (Wildman–Crippen MR) is 47.0 cm³/mol. The van der Waals surface area contributed by atoms with Gasteiger partial charge in [-0.15, -0.1) is 0 Å². The largest absolute Gasteiger partial charge is 0.381 e. The average Bonchev–Trinajstić information content (AvgIpc) is 2.34. The Morgan fingerprint density at radius 3 is 3.00 bits per heavy atom. The molecule has 1 unspecified atom stereocenters. The van der Waals surface area contributed by atoms with Crippen LogP contribution in [-0.4, -0.2) is 17.6 Å². The summed E-state index contributed by atoms with van der Waals surface area (Å²) in [5, 5.41) is 0. The fourth-order valence-electron chi connectivity index (χ4n) is 1.18. The van der Waals surface area contributed by atoms with Gasteiger partial charge in [0.2, 0.25) is 0 Å². The minimum atomic E-state index is 0.889. The van der Waals surface area contributed by atoms with Crippen LogP contribution in [0.15, 0.2) is 0 Å². The molecule has 0 aromatic heterocycles. The van der Waals surface area contributed by atoms with Gasteiger partial charge in [0.25, 0.3) is 0 Å². The van der Waals surface area contributed by atoms with Gasteiger partial charge in [0.1, 0.15) is 0 Å². The van der Waals surface area contributed by atoms with Gasteiger partial charge in [0.15, 0.2) is 0 Å². The molecule has 0 aromatic rings. The molecule has 1 rings (SSSR count). The molecule has 2 heteroatoms. The summed E-state index contributed by atoms with van der Waals surface area (Å²) in [6, 6.07) is 0. The highest BCUT2D eigenvalue weighted by molar-refractivity contribution is 14.1. The Balaban J connectivity index is 1.98. The van der Waals surface area contributed by atoms with Crippen LogP contribution in [0.3, 0.4) is 0 Å². The van der Waals surface area contributed by atoms with Crippen LogP contribution < -0.4 is 0 Å². The Hall–Kier alpha value is 0.690. The molecule has 0 aromatic carbocycles. The van der Waals surface area contributed by atoms with Gasteiger partial charge >= 0.3 is 0 Å². The van der Waals surface area contributed by atoms with Crippen LogP contribution >= 0.6 is 22.6 Å². The highest BCUT2D eigenvalue weighted by Gasteiger charge is 2.13. The molecule has 0 N–H and O–H groups in total. The minimum Gasteiger partial charge on any atom is -0.381 e. The van der Waals surface area contributed by atoms with Crippen molar-refractivity contribution in [3.63, 3.8) is 0 Å². The smallest absolute Gasteiger partial charge is 0.0495 e. The van der Waals surface area contributed by atoms with Gasteiger partial charge < -0.3 is 4.74 Å². The SMILES string of the molecule is ICCCC1CCOC1. The summed E-state index contributed by atoms with van der Waals surface area (Å²) in [4.78, 5) is 0. The Morgan fingerprint density at radius 1 is 1.56 bits per heavy atom. The van der Waals surface area contributed by atoms with E-state index in [-0.39, 0.29) is 0 Å². The van der Waals surface area contributed by atoms with E-state index < -0.39 is 0 Å². The van der Waals surface area contributed by atoms with Crippen molar-refractivity contribution in [3.8, 4) is 0 Å². The number of ether oxygens (including phenoxy) is 1. The first-order valence-electron chi connectivity index (χ1n) is 3.57. The van der Waals surface area contributed by atoms with Crippen LogP contribution in [0.1, 0.15) is 19.3 Å². The Morgan fingerprint density at radius 2 is 2.44 bits per heavy atom. The van der Waals surface area contributed by atoms with Crippen molar-refractivity contribution in [1.82, 2.24) is 0 Å². The van der Waals surface area contributed by atoms with Crippen LogP contribution in [0, 0.1) is 5.92 Å². The minimum absolute atomic E-state index is 0.889. The van der Waals surface area contributed by atoms with Crippen molar-refractivity contribution in [2.45, 2.75) is 19.3 Å². The summed E-state index contributed by atoms with van der Waals surface area (Å²) in [7, 11) is 0. The van der Waals surface area contributed by atoms with E-state index in [9.17, 15) is 0 Å².